The largest absolute Gasteiger partial charge is 0.481 e. The maximum atomic E-state index is 11.7. The average molecular weight is 318 g/mol. The van der Waals surface area contributed by atoms with Gasteiger partial charge in [0.15, 0.2) is 0 Å². The van der Waals surface area contributed by atoms with E-state index in [-0.39, 0.29) is 11.5 Å². The van der Waals surface area contributed by atoms with E-state index in [0.29, 0.717) is 31.6 Å². The molecule has 1 fully saturated rings. The normalized spacial score (nSPS) is 26.7. The smallest absolute Gasteiger partial charge is 0.309 e. The summed E-state index contributed by atoms with van der Waals surface area (Å²) in [7, 11) is -2.99. The Bertz CT molecular complexity index is 420. The van der Waals surface area contributed by atoms with E-state index in [2.05, 4.69) is 6.92 Å². The van der Waals surface area contributed by atoms with Gasteiger partial charge in [-0.25, -0.2) is 8.42 Å². The minimum Gasteiger partial charge on any atom is -0.481 e. The van der Waals surface area contributed by atoms with Crippen LogP contribution in [0.1, 0.15) is 71.6 Å². The highest BCUT2D eigenvalue weighted by Gasteiger charge is 2.41. The molecule has 0 bridgehead atoms. The van der Waals surface area contributed by atoms with Gasteiger partial charge >= 0.3 is 5.97 Å². The Balaban J connectivity index is 2.52. The molecule has 21 heavy (non-hydrogen) atoms. The molecular formula is C16H30O4S. The fourth-order valence-corrected chi connectivity index (χ4v) is 4.23. The third kappa shape index (κ3) is 5.61. The number of carbonyl (C=O) groups is 1. The molecule has 0 aromatic carbocycles. The number of hydrogen-bond acceptors (Lipinski definition) is 3. The molecule has 0 radical (unpaired) electrons. The first-order chi connectivity index (χ1) is 9.85. The van der Waals surface area contributed by atoms with Gasteiger partial charge in [0.25, 0.3) is 0 Å². The fourth-order valence-electron chi connectivity index (χ4n) is 3.36. The molecule has 1 aliphatic carbocycles. The van der Waals surface area contributed by atoms with Crippen LogP contribution >= 0.6 is 0 Å². The Morgan fingerprint density at radius 1 is 1.19 bits per heavy atom. The summed E-state index contributed by atoms with van der Waals surface area (Å²) in [6.07, 6.45) is 7.97. The highest BCUT2D eigenvalue weighted by atomic mass is 32.2. The Labute approximate surface area is 129 Å². The van der Waals surface area contributed by atoms with Gasteiger partial charge in [-0.3, -0.25) is 4.79 Å². The third-order valence-corrected chi connectivity index (χ3v) is 6.82. The van der Waals surface area contributed by atoms with Crippen molar-refractivity contribution in [2.24, 2.45) is 11.3 Å². The van der Waals surface area contributed by atoms with Crippen molar-refractivity contribution < 1.29 is 18.3 Å². The van der Waals surface area contributed by atoms with Crippen molar-refractivity contribution in [3.05, 3.63) is 0 Å². The van der Waals surface area contributed by atoms with E-state index < -0.39 is 21.2 Å². The Hall–Kier alpha value is -0.580. The summed E-state index contributed by atoms with van der Waals surface area (Å²) in [4.78, 5) is 11.7. The highest BCUT2D eigenvalue weighted by molar-refractivity contribution is 7.91. The van der Waals surface area contributed by atoms with Gasteiger partial charge < -0.3 is 5.11 Å². The van der Waals surface area contributed by atoms with Gasteiger partial charge in [-0.15, -0.1) is 0 Å². The molecule has 1 saturated carbocycles. The predicted molar refractivity (Wildman–Crippen MR) is 85.1 cm³/mol. The summed E-state index contributed by atoms with van der Waals surface area (Å²) in [6, 6.07) is 0. The van der Waals surface area contributed by atoms with Crippen molar-refractivity contribution in [2.75, 3.05) is 11.5 Å². The van der Waals surface area contributed by atoms with Crippen LogP contribution in [0.5, 0.6) is 0 Å². The molecule has 1 N–H and O–H groups in total. The van der Waals surface area contributed by atoms with Gasteiger partial charge in [0.2, 0.25) is 0 Å². The van der Waals surface area contributed by atoms with Crippen LogP contribution in [0.25, 0.3) is 0 Å². The van der Waals surface area contributed by atoms with Crippen molar-refractivity contribution in [2.45, 2.75) is 71.6 Å². The molecule has 0 aromatic rings. The topological polar surface area (TPSA) is 71.4 Å². The zero-order valence-corrected chi connectivity index (χ0v) is 14.3. The van der Waals surface area contributed by atoms with Crippen molar-refractivity contribution >= 4 is 15.8 Å². The maximum Gasteiger partial charge on any atom is 0.309 e. The van der Waals surface area contributed by atoms with Crippen LogP contribution < -0.4 is 0 Å². The van der Waals surface area contributed by atoms with Gasteiger partial charge in [0, 0.05) is 5.75 Å². The van der Waals surface area contributed by atoms with E-state index in [1.54, 1.807) is 6.92 Å². The summed E-state index contributed by atoms with van der Waals surface area (Å²) in [5.74, 6) is 0.200. The number of unbranched alkanes of at least 4 members (excludes halogenated alkanes) is 1. The lowest BCUT2D eigenvalue weighted by molar-refractivity contribution is -0.152. The minimum atomic E-state index is -2.99. The van der Waals surface area contributed by atoms with Crippen molar-refractivity contribution in [3.8, 4) is 0 Å². The van der Waals surface area contributed by atoms with E-state index in [1.165, 1.54) is 19.3 Å². The molecule has 0 saturated heterocycles. The SMILES string of the molecule is CCCCC1CCC(CCCS(=O)(=O)CC)(C(=O)O)CC1. The molecule has 4 nitrogen and oxygen atoms in total. The molecule has 0 aromatic heterocycles. The number of aliphatic carboxylic acids is 1. The van der Waals surface area contributed by atoms with Crippen LogP contribution in [-0.4, -0.2) is 31.0 Å². The van der Waals surface area contributed by atoms with Gasteiger partial charge in [0.05, 0.1) is 11.2 Å². The minimum absolute atomic E-state index is 0.123. The van der Waals surface area contributed by atoms with E-state index in [0.717, 1.165) is 12.8 Å². The second-order valence-electron chi connectivity index (χ2n) is 6.51. The van der Waals surface area contributed by atoms with Crippen molar-refractivity contribution in [3.63, 3.8) is 0 Å². The quantitative estimate of drug-likeness (QED) is 0.704. The van der Waals surface area contributed by atoms with Crippen molar-refractivity contribution in [1.29, 1.82) is 0 Å². The molecule has 1 rings (SSSR count). The van der Waals surface area contributed by atoms with Crippen LogP contribution in [0.2, 0.25) is 0 Å². The first-order valence-electron chi connectivity index (χ1n) is 8.29. The molecule has 0 spiro atoms. The Morgan fingerprint density at radius 2 is 1.81 bits per heavy atom. The van der Waals surface area contributed by atoms with Crippen LogP contribution in [0.3, 0.4) is 0 Å². The number of sulfone groups is 1. The molecule has 1 aliphatic rings. The van der Waals surface area contributed by atoms with Crippen LogP contribution in [-0.2, 0) is 14.6 Å². The lowest BCUT2D eigenvalue weighted by atomic mass is 9.67. The van der Waals surface area contributed by atoms with Gasteiger partial charge in [-0.2, -0.15) is 0 Å². The highest BCUT2D eigenvalue weighted by Crippen LogP contribution is 2.44. The number of carboxylic acid groups (broad SMARTS) is 1. The Kier molecular flexibility index (Phi) is 7.17. The maximum absolute atomic E-state index is 11.7. The lowest BCUT2D eigenvalue weighted by Crippen LogP contribution is -2.36. The van der Waals surface area contributed by atoms with E-state index in [9.17, 15) is 18.3 Å². The first-order valence-corrected chi connectivity index (χ1v) is 10.1. The number of rotatable bonds is 9. The summed E-state index contributed by atoms with van der Waals surface area (Å²) in [6.45, 7) is 3.82. The van der Waals surface area contributed by atoms with Gasteiger partial charge in [-0.05, 0) is 44.4 Å². The summed E-state index contributed by atoms with van der Waals surface area (Å²) in [5.41, 5.74) is -0.675. The molecule has 0 atom stereocenters. The third-order valence-electron chi connectivity index (χ3n) is 5.03. The second kappa shape index (κ2) is 8.16. The van der Waals surface area contributed by atoms with Crippen LogP contribution in [0.15, 0.2) is 0 Å². The fraction of sp³-hybridized carbons (Fsp3) is 0.938. The molecule has 0 unspecified atom stereocenters. The van der Waals surface area contributed by atoms with Crippen LogP contribution in [0.4, 0.5) is 0 Å². The standard InChI is InChI=1S/C16H30O4S/c1-3-5-7-14-8-11-16(12-9-14,15(17)18)10-6-13-21(19,20)4-2/h14H,3-13H2,1-2H3,(H,17,18). The summed E-state index contributed by atoms with van der Waals surface area (Å²) < 4.78 is 23.1. The zero-order valence-electron chi connectivity index (χ0n) is 13.4. The number of hydrogen-bond donors (Lipinski definition) is 1. The average Bonchev–Trinajstić information content (AvgIpc) is 2.46. The predicted octanol–water partition coefficient (Wildman–Crippen LogP) is 3.65. The van der Waals surface area contributed by atoms with E-state index >= 15 is 0 Å². The van der Waals surface area contributed by atoms with E-state index in [1.807, 2.05) is 0 Å². The molecule has 124 valence electrons. The molecular weight excluding hydrogens is 288 g/mol. The second-order valence-corrected chi connectivity index (χ2v) is 8.98. The van der Waals surface area contributed by atoms with Gasteiger partial charge in [0.1, 0.15) is 9.84 Å². The van der Waals surface area contributed by atoms with Crippen LogP contribution in [0, 0.1) is 11.3 Å². The summed E-state index contributed by atoms with van der Waals surface area (Å²) >= 11 is 0. The zero-order chi connectivity index (χ0) is 15.9. The molecule has 0 heterocycles. The van der Waals surface area contributed by atoms with Crippen molar-refractivity contribution in [1.82, 2.24) is 0 Å². The monoisotopic (exact) mass is 318 g/mol. The Morgan fingerprint density at radius 3 is 2.29 bits per heavy atom. The number of carboxylic acids is 1. The lowest BCUT2D eigenvalue weighted by Gasteiger charge is -2.37. The molecule has 0 amide bonds. The van der Waals surface area contributed by atoms with E-state index in [4.69, 9.17) is 0 Å². The summed E-state index contributed by atoms with van der Waals surface area (Å²) in [5, 5.41) is 9.59. The molecule has 0 aliphatic heterocycles. The van der Waals surface area contributed by atoms with Gasteiger partial charge in [-0.1, -0.05) is 33.1 Å². The molecule has 5 heteroatoms. The first kappa shape index (κ1) is 18.5.